The number of nitrogens with zero attached hydrogens (tertiary/aromatic N) is 3. The number of nitro groups is 1. The van der Waals surface area contributed by atoms with Gasteiger partial charge < -0.3 is 4.90 Å². The van der Waals surface area contributed by atoms with E-state index in [0.717, 1.165) is 18.9 Å². The van der Waals surface area contributed by atoms with Crippen LogP contribution >= 0.6 is 11.6 Å². The van der Waals surface area contributed by atoms with Crippen LogP contribution in [-0.2, 0) is 0 Å². The molecule has 7 heteroatoms. The molecular formula is C14H14ClN3O3. The summed E-state index contributed by atoms with van der Waals surface area (Å²) in [5.74, 6) is -0.385. The Bertz CT molecular complexity index is 647. The molecule has 0 radical (unpaired) electrons. The zero-order valence-electron chi connectivity index (χ0n) is 11.7. The molecule has 1 aliphatic carbocycles. The number of benzene rings is 1. The summed E-state index contributed by atoms with van der Waals surface area (Å²) in [7, 11) is 0. The van der Waals surface area contributed by atoms with Gasteiger partial charge in [-0.05, 0) is 38.8 Å². The fourth-order valence-corrected chi connectivity index (χ4v) is 2.37. The smallest absolute Gasteiger partial charge is 0.288 e. The van der Waals surface area contributed by atoms with Gasteiger partial charge in [-0.15, -0.1) is 0 Å². The number of nitriles is 1. The molecule has 1 amide bonds. The number of carbonyl (C=O) groups excluding carboxylic acids is 1. The van der Waals surface area contributed by atoms with Crippen molar-refractivity contribution in [1.82, 2.24) is 4.90 Å². The van der Waals surface area contributed by atoms with Gasteiger partial charge in [0.1, 0.15) is 10.6 Å². The summed E-state index contributed by atoms with van der Waals surface area (Å²) in [6.07, 6.45) is 1.68. The highest BCUT2D eigenvalue weighted by Crippen LogP contribution is 2.35. The molecule has 0 atom stereocenters. The highest BCUT2D eigenvalue weighted by molar-refractivity contribution is 6.32. The first-order valence-corrected chi connectivity index (χ1v) is 6.84. The van der Waals surface area contributed by atoms with E-state index in [-0.39, 0.29) is 28.2 Å². The maximum atomic E-state index is 12.6. The van der Waals surface area contributed by atoms with Crippen molar-refractivity contribution in [3.8, 4) is 6.07 Å². The minimum absolute atomic E-state index is 0.0156. The molecule has 6 nitrogen and oxygen atoms in total. The van der Waals surface area contributed by atoms with Crippen LogP contribution in [0.5, 0.6) is 0 Å². The summed E-state index contributed by atoms with van der Waals surface area (Å²) in [6, 6.07) is 6.06. The standard InChI is InChI=1S/C14H14ClN3O3/c1-14(2,8-16)17(10-4-5-10)13(19)9-3-6-11(15)12(7-9)18(20)21/h3,6-7,10H,4-5H2,1-2H3. The molecule has 21 heavy (non-hydrogen) atoms. The lowest BCUT2D eigenvalue weighted by atomic mass is 10.0. The molecule has 0 spiro atoms. The molecule has 0 saturated heterocycles. The second-order valence-corrected chi connectivity index (χ2v) is 5.91. The molecule has 0 unspecified atom stereocenters. The largest absolute Gasteiger partial charge is 0.317 e. The van der Waals surface area contributed by atoms with E-state index in [4.69, 9.17) is 11.6 Å². The van der Waals surface area contributed by atoms with E-state index in [1.54, 1.807) is 13.8 Å². The Kier molecular flexibility index (Phi) is 3.88. The van der Waals surface area contributed by atoms with Crippen molar-refractivity contribution >= 4 is 23.2 Å². The molecule has 1 aliphatic rings. The van der Waals surface area contributed by atoms with Crippen molar-refractivity contribution in [3.05, 3.63) is 38.9 Å². The van der Waals surface area contributed by atoms with Crippen LogP contribution in [0.15, 0.2) is 18.2 Å². The molecule has 1 fully saturated rings. The number of rotatable bonds is 4. The minimum Gasteiger partial charge on any atom is -0.317 e. The summed E-state index contributed by atoms with van der Waals surface area (Å²) >= 11 is 5.75. The van der Waals surface area contributed by atoms with Gasteiger partial charge in [-0.1, -0.05) is 11.6 Å². The first-order valence-electron chi connectivity index (χ1n) is 6.47. The average molecular weight is 308 g/mol. The molecule has 1 aromatic rings. The second-order valence-electron chi connectivity index (χ2n) is 5.50. The Labute approximate surface area is 127 Å². The van der Waals surface area contributed by atoms with Crippen LogP contribution in [0.25, 0.3) is 0 Å². The van der Waals surface area contributed by atoms with Gasteiger partial charge in [-0.25, -0.2) is 0 Å². The van der Waals surface area contributed by atoms with Gasteiger partial charge in [0.25, 0.3) is 11.6 Å². The third kappa shape index (κ3) is 2.98. The zero-order chi connectivity index (χ0) is 15.8. The van der Waals surface area contributed by atoms with E-state index in [2.05, 4.69) is 6.07 Å². The molecule has 110 valence electrons. The van der Waals surface area contributed by atoms with Crippen molar-refractivity contribution in [1.29, 1.82) is 5.26 Å². The number of nitro benzene ring substituents is 1. The Morgan fingerprint density at radius 1 is 1.52 bits per heavy atom. The summed E-state index contributed by atoms with van der Waals surface area (Å²) in [5.41, 5.74) is -1.11. The Morgan fingerprint density at radius 3 is 2.62 bits per heavy atom. The van der Waals surface area contributed by atoms with Crippen molar-refractivity contribution in [2.24, 2.45) is 0 Å². The minimum atomic E-state index is -0.966. The Morgan fingerprint density at radius 2 is 2.14 bits per heavy atom. The fraction of sp³-hybridized carbons (Fsp3) is 0.429. The van der Waals surface area contributed by atoms with Crippen molar-refractivity contribution in [2.75, 3.05) is 0 Å². The van der Waals surface area contributed by atoms with Gasteiger partial charge in [-0.3, -0.25) is 14.9 Å². The lowest BCUT2D eigenvalue weighted by molar-refractivity contribution is -0.384. The number of hydrogen-bond acceptors (Lipinski definition) is 4. The fourth-order valence-electron chi connectivity index (χ4n) is 2.19. The topological polar surface area (TPSA) is 87.2 Å². The Hall–Kier alpha value is -2.13. The number of hydrogen-bond donors (Lipinski definition) is 0. The van der Waals surface area contributed by atoms with Gasteiger partial charge in [0.05, 0.1) is 11.0 Å². The molecule has 1 saturated carbocycles. The molecule has 2 rings (SSSR count). The predicted octanol–water partition coefficient (Wildman–Crippen LogP) is 3.15. The van der Waals surface area contributed by atoms with E-state index >= 15 is 0 Å². The second kappa shape index (κ2) is 5.34. The normalized spacial score (nSPS) is 14.4. The third-order valence-corrected chi connectivity index (χ3v) is 3.72. The highest BCUT2D eigenvalue weighted by Gasteiger charge is 2.42. The number of carbonyl (C=O) groups is 1. The summed E-state index contributed by atoms with van der Waals surface area (Å²) in [6.45, 7) is 3.32. The molecule has 0 N–H and O–H groups in total. The first-order chi connectivity index (χ1) is 9.77. The number of amides is 1. The van der Waals surface area contributed by atoms with E-state index < -0.39 is 10.5 Å². The van der Waals surface area contributed by atoms with Crippen LogP contribution in [0.3, 0.4) is 0 Å². The quantitative estimate of drug-likeness (QED) is 0.631. The third-order valence-electron chi connectivity index (χ3n) is 3.40. The lowest BCUT2D eigenvalue weighted by Gasteiger charge is -2.33. The van der Waals surface area contributed by atoms with Crippen LogP contribution in [-0.4, -0.2) is 27.3 Å². The van der Waals surface area contributed by atoms with Gasteiger partial charge in [0.15, 0.2) is 0 Å². The zero-order valence-corrected chi connectivity index (χ0v) is 12.4. The molecule has 0 bridgehead atoms. The molecule has 1 aromatic carbocycles. The van der Waals surface area contributed by atoms with Crippen molar-refractivity contribution in [3.63, 3.8) is 0 Å². The van der Waals surface area contributed by atoms with Gasteiger partial charge >= 0.3 is 0 Å². The monoisotopic (exact) mass is 307 g/mol. The van der Waals surface area contributed by atoms with E-state index in [1.165, 1.54) is 17.0 Å². The summed E-state index contributed by atoms with van der Waals surface area (Å²) in [5, 5.41) is 20.1. The summed E-state index contributed by atoms with van der Waals surface area (Å²) in [4.78, 5) is 24.4. The molecular weight excluding hydrogens is 294 g/mol. The van der Waals surface area contributed by atoms with Crippen LogP contribution in [0.2, 0.25) is 5.02 Å². The lowest BCUT2D eigenvalue weighted by Crippen LogP contribution is -2.48. The van der Waals surface area contributed by atoms with Crippen LogP contribution in [0, 0.1) is 21.4 Å². The average Bonchev–Trinajstić information content (AvgIpc) is 3.23. The Balaban J connectivity index is 2.41. The maximum Gasteiger partial charge on any atom is 0.288 e. The number of halogens is 1. The SMILES string of the molecule is CC(C)(C#N)N(C(=O)c1ccc(Cl)c([N+](=O)[O-])c1)C1CC1. The van der Waals surface area contributed by atoms with Crippen LogP contribution in [0.1, 0.15) is 37.0 Å². The van der Waals surface area contributed by atoms with E-state index in [0.29, 0.717) is 0 Å². The highest BCUT2D eigenvalue weighted by atomic mass is 35.5. The maximum absolute atomic E-state index is 12.6. The predicted molar refractivity (Wildman–Crippen MR) is 77.0 cm³/mol. The van der Waals surface area contributed by atoms with Gasteiger partial charge in [0, 0.05) is 17.7 Å². The molecule has 0 aliphatic heterocycles. The van der Waals surface area contributed by atoms with Crippen molar-refractivity contribution < 1.29 is 9.72 Å². The van der Waals surface area contributed by atoms with E-state index in [9.17, 15) is 20.2 Å². The van der Waals surface area contributed by atoms with E-state index in [1.807, 2.05) is 0 Å². The molecule has 0 aromatic heterocycles. The van der Waals surface area contributed by atoms with Crippen molar-refractivity contribution in [2.45, 2.75) is 38.3 Å². The summed E-state index contributed by atoms with van der Waals surface area (Å²) < 4.78 is 0. The first kappa shape index (κ1) is 15.3. The van der Waals surface area contributed by atoms with Crippen LogP contribution < -0.4 is 0 Å². The van der Waals surface area contributed by atoms with Crippen LogP contribution in [0.4, 0.5) is 5.69 Å². The van der Waals surface area contributed by atoms with Gasteiger partial charge in [0.2, 0.25) is 0 Å². The molecule has 0 heterocycles. The van der Waals surface area contributed by atoms with Gasteiger partial charge in [-0.2, -0.15) is 5.26 Å².